The zero-order valence-corrected chi connectivity index (χ0v) is 54.7. The molecule has 6 heteroatoms. The minimum absolute atomic E-state index is 0.00937. The van der Waals surface area contributed by atoms with E-state index in [0.29, 0.717) is 0 Å². The van der Waals surface area contributed by atoms with Crippen LogP contribution in [-0.2, 0) is 43.3 Å². The van der Waals surface area contributed by atoms with Gasteiger partial charge in [0, 0.05) is 69.6 Å². The molecule has 9 aromatic rings. The Kier molecular flexibility index (Phi) is 11.6. The topological polar surface area (TPSA) is 9.72 Å². The number of hydrogen-bond acceptors (Lipinski definition) is 5. The van der Waals surface area contributed by atoms with Crippen molar-refractivity contribution in [1.29, 1.82) is 0 Å². The number of benzene rings is 7. The summed E-state index contributed by atoms with van der Waals surface area (Å²) in [5, 5.41) is 2.64. The SMILES string of the molecule is CC1(C)CCC(C)(C)c2cc(N3c4cc5c(cc4B4c6sc7c(c6N(c6ccc8c(c6)C(C)(C)CCC8(C)C)c6cc(N(c8ccccc8)c8ccc9c(c8)sc8ccccc89)cc3c64)C(C)(C)CCC7(C)C)C(C)(C)CCC5(C)C)ccc21. The average Bonchev–Trinajstić information content (AvgIpc) is 1.47. The number of hydrogen-bond donors (Lipinski definition) is 0. The molecule has 0 fully saturated rings. The van der Waals surface area contributed by atoms with Crippen LogP contribution in [0.2, 0.25) is 0 Å². The number of rotatable bonds is 5. The van der Waals surface area contributed by atoms with Crippen molar-refractivity contribution in [3.63, 3.8) is 0 Å². The smallest absolute Gasteiger partial charge is 0.264 e. The van der Waals surface area contributed by atoms with Crippen molar-refractivity contribution in [3.05, 3.63) is 177 Å². The van der Waals surface area contributed by atoms with Crippen LogP contribution < -0.4 is 30.4 Å². The molecule has 428 valence electrons. The predicted octanol–water partition coefficient (Wildman–Crippen LogP) is 21.1. The highest BCUT2D eigenvalue weighted by atomic mass is 32.1. The van der Waals surface area contributed by atoms with Crippen molar-refractivity contribution < 1.29 is 0 Å². The lowest BCUT2D eigenvalue weighted by Gasteiger charge is -2.48. The van der Waals surface area contributed by atoms with E-state index >= 15 is 0 Å². The van der Waals surface area contributed by atoms with Crippen molar-refractivity contribution in [2.45, 2.75) is 205 Å². The minimum atomic E-state index is -0.0502. The summed E-state index contributed by atoms with van der Waals surface area (Å²) in [6, 6.07) is 53.6. The van der Waals surface area contributed by atoms with Gasteiger partial charge >= 0.3 is 0 Å². The molecule has 3 nitrogen and oxygen atoms in total. The number of anilines is 9. The van der Waals surface area contributed by atoms with Crippen LogP contribution >= 0.6 is 22.7 Å². The third-order valence-corrected chi connectivity index (χ3v) is 25.3. The average molecular weight is 1140 g/mol. The molecule has 84 heavy (non-hydrogen) atoms. The third kappa shape index (κ3) is 7.92. The van der Waals surface area contributed by atoms with Crippen molar-refractivity contribution in [1.82, 2.24) is 0 Å². The van der Waals surface area contributed by atoms with E-state index in [2.05, 4.69) is 270 Å². The molecule has 0 amide bonds. The van der Waals surface area contributed by atoms with Crippen LogP contribution in [0.5, 0.6) is 0 Å². The Balaban J connectivity index is 1.11. The van der Waals surface area contributed by atoms with Gasteiger partial charge in [-0.1, -0.05) is 171 Å². The first-order valence-corrected chi connectivity index (χ1v) is 33.4. The molecular formula is C78H86BN3S2. The number of nitrogens with zero attached hydrogens (tertiary/aromatic N) is 3. The molecule has 2 aliphatic heterocycles. The summed E-state index contributed by atoms with van der Waals surface area (Å²) >= 11 is 4.07. The molecule has 4 heterocycles. The summed E-state index contributed by atoms with van der Waals surface area (Å²) in [5.74, 6) is 0. The fourth-order valence-electron chi connectivity index (χ4n) is 16.8. The maximum atomic E-state index is 2.84. The lowest BCUT2D eigenvalue weighted by molar-refractivity contribution is 0.332. The largest absolute Gasteiger partial charge is 0.311 e. The maximum absolute atomic E-state index is 2.84. The predicted molar refractivity (Wildman–Crippen MR) is 367 cm³/mol. The monoisotopic (exact) mass is 1140 g/mol. The number of fused-ring (bicyclic) bond motifs is 12. The number of thiophene rings is 2. The van der Waals surface area contributed by atoms with Crippen molar-refractivity contribution in [2.75, 3.05) is 14.7 Å². The summed E-state index contributed by atoms with van der Waals surface area (Å²) < 4.78 is 4.15. The van der Waals surface area contributed by atoms with Crippen LogP contribution in [-0.4, -0.2) is 6.71 Å². The van der Waals surface area contributed by atoms with Gasteiger partial charge in [0.2, 0.25) is 0 Å². The highest BCUT2D eigenvalue weighted by Gasteiger charge is 2.53. The quantitative estimate of drug-likeness (QED) is 0.159. The van der Waals surface area contributed by atoms with E-state index in [1.165, 1.54) is 135 Å². The van der Waals surface area contributed by atoms with E-state index < -0.39 is 0 Å². The fraction of sp³-hybridized carbons (Fsp3) is 0.410. The highest BCUT2D eigenvalue weighted by Crippen LogP contribution is 2.60. The first-order valence-electron chi connectivity index (χ1n) is 31.8. The Morgan fingerprint density at radius 3 is 1.46 bits per heavy atom. The molecule has 4 aliphatic carbocycles. The van der Waals surface area contributed by atoms with Crippen LogP contribution in [0.1, 0.15) is 206 Å². The van der Waals surface area contributed by atoms with Gasteiger partial charge in [-0.05, 0) is 217 Å². The first kappa shape index (κ1) is 54.6. The van der Waals surface area contributed by atoms with Gasteiger partial charge in [-0.15, -0.1) is 11.3 Å². The molecule has 0 unspecified atom stereocenters. The van der Waals surface area contributed by atoms with Gasteiger partial charge in [0.1, 0.15) is 0 Å². The van der Waals surface area contributed by atoms with Gasteiger partial charge in [0.25, 0.3) is 6.71 Å². The first-order chi connectivity index (χ1) is 39.6. The Morgan fingerprint density at radius 1 is 0.369 bits per heavy atom. The van der Waals surface area contributed by atoms with Crippen molar-refractivity contribution in [2.24, 2.45) is 0 Å². The molecule has 0 saturated heterocycles. The molecule has 0 radical (unpaired) electrons. The Labute approximate surface area is 510 Å². The van der Waals surface area contributed by atoms with Crippen LogP contribution in [0.4, 0.5) is 51.2 Å². The van der Waals surface area contributed by atoms with Gasteiger partial charge in [-0.2, -0.15) is 11.3 Å². The molecule has 15 rings (SSSR count). The normalized spacial score (nSPS) is 20.9. The molecule has 0 saturated carbocycles. The van der Waals surface area contributed by atoms with E-state index in [-0.39, 0.29) is 50.0 Å². The van der Waals surface area contributed by atoms with Crippen LogP contribution in [0.15, 0.2) is 133 Å². The van der Waals surface area contributed by atoms with Gasteiger partial charge in [0.05, 0.1) is 11.4 Å². The summed E-state index contributed by atoms with van der Waals surface area (Å²) in [6.45, 7) is 40.3. The zero-order valence-electron chi connectivity index (χ0n) is 53.1. The van der Waals surface area contributed by atoms with Crippen LogP contribution in [0.3, 0.4) is 0 Å². The fourth-order valence-corrected chi connectivity index (χ4v) is 19.7. The molecule has 0 N–H and O–H groups in total. The Bertz CT molecular complexity index is 4250. The molecule has 0 atom stereocenters. The summed E-state index contributed by atoms with van der Waals surface area (Å²) in [6.07, 6.45) is 9.34. The zero-order chi connectivity index (χ0) is 58.8. The van der Waals surface area contributed by atoms with E-state index in [1.54, 1.807) is 10.4 Å². The summed E-state index contributed by atoms with van der Waals surface area (Å²) in [7, 11) is 0. The standard InChI is InChI=1S/C78H86BN3S2/c1-71(2)32-34-73(5,6)56-40-48(27-30-54(56)71)81-61-46-59-58(75(9,10)36-37-76(59,11)12)45-60(61)79-67-62(81)42-51(80(47-22-18-17-19-23-47)50-26-29-53-52-24-20-21-25-64(52)83-65(53)44-50)43-63(67)82(49-28-31-55-57(41-49)74(7,8)35-33-72(55,3)4)68-66-69(84-70(68)79)78(15,16)39-38-77(66,13)14/h17-31,40-46H,32-39H2,1-16H3. The lowest BCUT2D eigenvalue weighted by Crippen LogP contribution is -2.61. The number of para-hydroxylation sites is 1. The van der Waals surface area contributed by atoms with E-state index in [1.807, 2.05) is 11.3 Å². The molecule has 6 aliphatic rings. The Hall–Kier alpha value is -6.08. The Morgan fingerprint density at radius 2 is 0.857 bits per heavy atom. The minimum Gasteiger partial charge on any atom is -0.311 e. The van der Waals surface area contributed by atoms with Crippen LogP contribution in [0.25, 0.3) is 20.2 Å². The van der Waals surface area contributed by atoms with Crippen molar-refractivity contribution in [3.8, 4) is 0 Å². The molecule has 7 aromatic carbocycles. The summed E-state index contributed by atoms with van der Waals surface area (Å²) in [4.78, 5) is 9.79. The molecular weight excluding hydrogens is 1050 g/mol. The van der Waals surface area contributed by atoms with Gasteiger partial charge in [0.15, 0.2) is 0 Å². The molecule has 0 bridgehead atoms. The van der Waals surface area contributed by atoms with E-state index in [9.17, 15) is 0 Å². The second kappa shape index (κ2) is 17.8. The van der Waals surface area contributed by atoms with Crippen molar-refractivity contribution >= 4 is 116 Å². The van der Waals surface area contributed by atoms with Crippen LogP contribution in [0, 0.1) is 0 Å². The maximum Gasteiger partial charge on any atom is 0.264 e. The van der Waals surface area contributed by atoms with Gasteiger partial charge in [-0.3, -0.25) is 0 Å². The lowest BCUT2D eigenvalue weighted by atomic mass is 9.35. The van der Waals surface area contributed by atoms with E-state index in [0.717, 1.165) is 37.1 Å². The summed E-state index contributed by atoms with van der Waals surface area (Å²) in [5.41, 5.74) is 25.1. The van der Waals surface area contributed by atoms with Gasteiger partial charge in [-0.25, -0.2) is 0 Å². The van der Waals surface area contributed by atoms with E-state index in [4.69, 9.17) is 0 Å². The second-order valence-corrected chi connectivity index (χ2v) is 34.1. The second-order valence-electron chi connectivity index (χ2n) is 32.0. The van der Waals surface area contributed by atoms with Gasteiger partial charge < -0.3 is 14.7 Å². The molecule has 0 spiro atoms. The molecule has 2 aromatic heterocycles. The highest BCUT2D eigenvalue weighted by molar-refractivity contribution is 7.29. The third-order valence-electron chi connectivity index (χ3n) is 22.6.